The summed E-state index contributed by atoms with van der Waals surface area (Å²) < 4.78 is 5.56. The minimum absolute atomic E-state index is 0.0317. The molecule has 0 radical (unpaired) electrons. The molecule has 3 nitrogen and oxygen atoms in total. The molecule has 0 bridgehead atoms. The third-order valence-electron chi connectivity index (χ3n) is 5.28. The van der Waals surface area contributed by atoms with Gasteiger partial charge in [-0.3, -0.25) is 9.59 Å². The first-order valence-corrected chi connectivity index (χ1v) is 9.31. The van der Waals surface area contributed by atoms with E-state index in [2.05, 4.69) is 19.9 Å². The summed E-state index contributed by atoms with van der Waals surface area (Å²) in [4.78, 5) is 25.1. The fourth-order valence-corrected chi connectivity index (χ4v) is 3.60. The molecule has 2 unspecified atom stereocenters. The van der Waals surface area contributed by atoms with Gasteiger partial charge in [0.25, 0.3) is 0 Å². The third-order valence-corrected chi connectivity index (χ3v) is 5.28. The lowest BCUT2D eigenvalue weighted by Crippen LogP contribution is -2.11. The van der Waals surface area contributed by atoms with Gasteiger partial charge in [0, 0.05) is 11.1 Å². The van der Waals surface area contributed by atoms with Crippen molar-refractivity contribution >= 4 is 11.8 Å². The summed E-state index contributed by atoms with van der Waals surface area (Å²) in [6.07, 6.45) is 2.16. The highest BCUT2D eigenvalue weighted by Crippen LogP contribution is 2.59. The van der Waals surface area contributed by atoms with Crippen molar-refractivity contribution in [2.75, 3.05) is 0 Å². The van der Waals surface area contributed by atoms with Gasteiger partial charge in [0.1, 0.15) is 6.61 Å². The van der Waals surface area contributed by atoms with Crippen molar-refractivity contribution in [1.82, 2.24) is 0 Å². The summed E-state index contributed by atoms with van der Waals surface area (Å²) in [5.41, 5.74) is 3.23. The highest BCUT2D eigenvalue weighted by Gasteiger charge is 2.61. The van der Waals surface area contributed by atoms with Crippen LogP contribution in [0.5, 0.6) is 0 Å². The number of allylic oxidation sites excluding steroid dienone is 2. The van der Waals surface area contributed by atoms with Crippen molar-refractivity contribution in [3.8, 4) is 0 Å². The van der Waals surface area contributed by atoms with Gasteiger partial charge < -0.3 is 4.74 Å². The van der Waals surface area contributed by atoms with Crippen LogP contribution in [0.2, 0.25) is 0 Å². The standard InChI is InChI=1S/C24H26O3/c1-16(2)13-20-21(24(20,3)4)23(26)27-15-17-9-8-12-19(14-17)22(25)18-10-6-5-7-11-18/h5-14,20-21H,15H2,1-4H3. The van der Waals surface area contributed by atoms with Crippen LogP contribution in [0.1, 0.15) is 49.2 Å². The highest BCUT2D eigenvalue weighted by atomic mass is 16.5. The lowest BCUT2D eigenvalue weighted by Gasteiger charge is -2.08. The predicted molar refractivity (Wildman–Crippen MR) is 106 cm³/mol. The Morgan fingerprint density at radius 1 is 1.00 bits per heavy atom. The van der Waals surface area contributed by atoms with E-state index in [9.17, 15) is 9.59 Å². The van der Waals surface area contributed by atoms with Gasteiger partial charge in [-0.05, 0) is 36.8 Å². The molecule has 1 saturated carbocycles. The second-order valence-corrected chi connectivity index (χ2v) is 8.07. The number of hydrogen-bond donors (Lipinski definition) is 0. The number of ketones is 1. The van der Waals surface area contributed by atoms with E-state index < -0.39 is 0 Å². The van der Waals surface area contributed by atoms with Crippen LogP contribution < -0.4 is 0 Å². The molecule has 27 heavy (non-hydrogen) atoms. The van der Waals surface area contributed by atoms with E-state index in [1.54, 1.807) is 24.3 Å². The van der Waals surface area contributed by atoms with Crippen molar-refractivity contribution in [3.05, 3.63) is 82.9 Å². The topological polar surface area (TPSA) is 43.4 Å². The van der Waals surface area contributed by atoms with E-state index >= 15 is 0 Å². The van der Waals surface area contributed by atoms with Gasteiger partial charge in [0.05, 0.1) is 5.92 Å². The maximum Gasteiger partial charge on any atom is 0.310 e. The molecule has 2 aromatic rings. The SMILES string of the molecule is CC(C)=CC1C(C(=O)OCc2cccc(C(=O)c3ccccc3)c2)C1(C)C. The van der Waals surface area contributed by atoms with Crippen molar-refractivity contribution in [2.24, 2.45) is 17.3 Å². The van der Waals surface area contributed by atoms with Gasteiger partial charge in [0.2, 0.25) is 0 Å². The minimum Gasteiger partial charge on any atom is -0.461 e. The Labute approximate surface area is 161 Å². The van der Waals surface area contributed by atoms with Gasteiger partial charge in [-0.2, -0.15) is 0 Å². The molecule has 1 aliphatic rings. The van der Waals surface area contributed by atoms with Crippen molar-refractivity contribution < 1.29 is 14.3 Å². The molecule has 2 aromatic carbocycles. The van der Waals surface area contributed by atoms with Crippen LogP contribution in [-0.2, 0) is 16.1 Å². The largest absolute Gasteiger partial charge is 0.461 e. The van der Waals surface area contributed by atoms with Gasteiger partial charge in [-0.1, -0.05) is 74.0 Å². The average Bonchev–Trinajstić information content (AvgIpc) is 3.19. The quantitative estimate of drug-likeness (QED) is 0.403. The summed E-state index contributed by atoms with van der Waals surface area (Å²) in [5.74, 6) is -0.0551. The van der Waals surface area contributed by atoms with E-state index in [1.807, 2.05) is 44.2 Å². The summed E-state index contributed by atoms with van der Waals surface area (Å²) in [5, 5.41) is 0. The molecule has 0 N–H and O–H groups in total. The molecule has 0 amide bonds. The first-order valence-electron chi connectivity index (χ1n) is 9.31. The average molecular weight is 362 g/mol. The van der Waals surface area contributed by atoms with Crippen LogP contribution >= 0.6 is 0 Å². The minimum atomic E-state index is -0.165. The fourth-order valence-electron chi connectivity index (χ4n) is 3.60. The Balaban J connectivity index is 1.65. The van der Waals surface area contributed by atoms with E-state index in [0.717, 1.165) is 5.56 Å². The number of carbonyl (C=O) groups is 2. The molecular weight excluding hydrogens is 336 g/mol. The number of ether oxygens (including phenoxy) is 1. The molecule has 1 fully saturated rings. The van der Waals surface area contributed by atoms with E-state index in [-0.39, 0.29) is 35.6 Å². The summed E-state index contributed by atoms with van der Waals surface area (Å²) in [6, 6.07) is 16.5. The lowest BCUT2D eigenvalue weighted by atomic mass is 10.0. The number of hydrogen-bond acceptors (Lipinski definition) is 3. The highest BCUT2D eigenvalue weighted by molar-refractivity contribution is 6.09. The number of esters is 1. The van der Waals surface area contributed by atoms with Gasteiger partial charge in [-0.15, -0.1) is 0 Å². The number of rotatable bonds is 6. The Bertz CT molecular complexity index is 874. The van der Waals surface area contributed by atoms with E-state index in [0.29, 0.717) is 11.1 Å². The van der Waals surface area contributed by atoms with Crippen molar-refractivity contribution in [2.45, 2.75) is 34.3 Å². The van der Waals surface area contributed by atoms with Crippen molar-refractivity contribution in [3.63, 3.8) is 0 Å². The molecule has 0 heterocycles. The van der Waals surface area contributed by atoms with Crippen LogP contribution in [0.4, 0.5) is 0 Å². The molecule has 3 heteroatoms. The number of carbonyl (C=O) groups excluding carboxylic acids is 2. The van der Waals surface area contributed by atoms with Gasteiger partial charge in [0.15, 0.2) is 5.78 Å². The summed E-state index contributed by atoms with van der Waals surface area (Å²) in [6.45, 7) is 8.48. The summed E-state index contributed by atoms with van der Waals surface area (Å²) in [7, 11) is 0. The lowest BCUT2D eigenvalue weighted by molar-refractivity contribution is -0.147. The summed E-state index contributed by atoms with van der Waals surface area (Å²) >= 11 is 0. The first kappa shape index (κ1) is 19.1. The van der Waals surface area contributed by atoms with Crippen molar-refractivity contribution in [1.29, 1.82) is 0 Å². The normalized spacial score (nSPS) is 19.9. The van der Waals surface area contributed by atoms with Gasteiger partial charge in [-0.25, -0.2) is 0 Å². The number of benzene rings is 2. The fraction of sp³-hybridized carbons (Fsp3) is 0.333. The Morgan fingerprint density at radius 3 is 2.33 bits per heavy atom. The zero-order chi connectivity index (χ0) is 19.6. The molecule has 0 saturated heterocycles. The van der Waals surface area contributed by atoms with E-state index in [4.69, 9.17) is 4.74 Å². The maximum absolute atomic E-state index is 12.6. The Kier molecular flexibility index (Phi) is 5.31. The second-order valence-electron chi connectivity index (χ2n) is 8.07. The molecule has 2 atom stereocenters. The predicted octanol–water partition coefficient (Wildman–Crippen LogP) is 5.20. The first-order chi connectivity index (χ1) is 12.8. The molecule has 140 valence electrons. The van der Waals surface area contributed by atoms with Crippen LogP contribution in [-0.4, -0.2) is 11.8 Å². The monoisotopic (exact) mass is 362 g/mol. The van der Waals surface area contributed by atoms with Crippen LogP contribution in [0.25, 0.3) is 0 Å². The Hall–Kier alpha value is -2.68. The third kappa shape index (κ3) is 4.19. The van der Waals surface area contributed by atoms with Crippen LogP contribution in [0.3, 0.4) is 0 Å². The Morgan fingerprint density at radius 2 is 1.67 bits per heavy atom. The zero-order valence-corrected chi connectivity index (χ0v) is 16.4. The molecule has 3 rings (SSSR count). The molecule has 0 aromatic heterocycles. The molecular formula is C24H26O3. The van der Waals surface area contributed by atoms with Crippen LogP contribution in [0, 0.1) is 17.3 Å². The van der Waals surface area contributed by atoms with E-state index in [1.165, 1.54) is 5.57 Å². The zero-order valence-electron chi connectivity index (χ0n) is 16.4. The molecule has 0 spiro atoms. The molecule has 1 aliphatic carbocycles. The van der Waals surface area contributed by atoms with Gasteiger partial charge >= 0.3 is 5.97 Å². The second kappa shape index (κ2) is 7.51. The molecule has 0 aliphatic heterocycles. The van der Waals surface area contributed by atoms with Crippen LogP contribution in [0.15, 0.2) is 66.2 Å². The maximum atomic E-state index is 12.6. The smallest absolute Gasteiger partial charge is 0.310 e.